The van der Waals surface area contributed by atoms with Crippen molar-refractivity contribution >= 4 is 16.5 Å². The van der Waals surface area contributed by atoms with Crippen molar-refractivity contribution in [1.29, 1.82) is 0 Å². The second-order valence-electron chi connectivity index (χ2n) is 6.22. The van der Waals surface area contributed by atoms with Gasteiger partial charge in [0, 0.05) is 36.8 Å². The van der Waals surface area contributed by atoms with Gasteiger partial charge in [-0.3, -0.25) is 9.36 Å². The Balaban J connectivity index is 1.38. The zero-order valence-corrected chi connectivity index (χ0v) is 13.4. The minimum atomic E-state index is 0.0498. The van der Waals surface area contributed by atoms with E-state index in [9.17, 15) is 4.79 Å². The molecule has 6 heteroatoms. The average molecular weight is 316 g/mol. The molecular weight excluding hydrogens is 296 g/mol. The molecule has 0 aromatic carbocycles. The molecule has 0 atom stereocenters. The van der Waals surface area contributed by atoms with Crippen LogP contribution in [0.15, 0.2) is 23.4 Å². The monoisotopic (exact) mass is 316 g/mol. The molecule has 0 amide bonds. The van der Waals surface area contributed by atoms with Crippen LogP contribution in [-0.4, -0.2) is 27.6 Å². The van der Waals surface area contributed by atoms with E-state index in [4.69, 9.17) is 4.98 Å². The Morgan fingerprint density at radius 1 is 1.27 bits per heavy atom. The van der Waals surface area contributed by atoms with Crippen molar-refractivity contribution in [3.63, 3.8) is 0 Å². The number of thiazole rings is 1. The zero-order valence-electron chi connectivity index (χ0n) is 12.6. The van der Waals surface area contributed by atoms with Crippen LogP contribution in [0.4, 0.5) is 5.13 Å². The molecule has 0 radical (unpaired) electrons. The summed E-state index contributed by atoms with van der Waals surface area (Å²) in [6.07, 6.45) is 9.09. The lowest BCUT2D eigenvalue weighted by molar-refractivity contribution is 0.351. The van der Waals surface area contributed by atoms with Crippen LogP contribution in [0.5, 0.6) is 0 Å². The lowest BCUT2D eigenvalue weighted by Crippen LogP contribution is -2.36. The molecule has 3 heterocycles. The lowest BCUT2D eigenvalue weighted by atomic mass is 9.97. The Labute approximate surface area is 133 Å². The zero-order chi connectivity index (χ0) is 14.9. The quantitative estimate of drug-likeness (QED) is 0.870. The lowest BCUT2D eigenvalue weighted by Gasteiger charge is -2.32. The number of hydrogen-bond acceptors (Lipinski definition) is 5. The molecule has 1 aliphatic carbocycles. The smallest absolute Gasteiger partial charge is 0.253 e. The fourth-order valence-electron chi connectivity index (χ4n) is 3.41. The van der Waals surface area contributed by atoms with Gasteiger partial charge in [0.2, 0.25) is 0 Å². The van der Waals surface area contributed by atoms with E-state index in [-0.39, 0.29) is 5.56 Å². The van der Waals surface area contributed by atoms with Crippen LogP contribution >= 0.6 is 11.3 Å². The highest BCUT2D eigenvalue weighted by molar-refractivity contribution is 7.15. The molecule has 0 unspecified atom stereocenters. The molecule has 2 aromatic heterocycles. The largest absolute Gasteiger partial charge is 0.348 e. The fourth-order valence-corrected chi connectivity index (χ4v) is 4.61. The number of anilines is 1. The van der Waals surface area contributed by atoms with Crippen LogP contribution in [-0.2, 0) is 19.4 Å². The van der Waals surface area contributed by atoms with Crippen molar-refractivity contribution in [2.75, 3.05) is 18.0 Å². The molecule has 116 valence electrons. The van der Waals surface area contributed by atoms with E-state index in [2.05, 4.69) is 9.88 Å². The standard InChI is InChI=1S/C16H20N4OS/c21-15-4-7-17-11-20(15)10-12-5-8-19(9-6-12)16-18-13-2-1-3-14(13)22-16/h4,7,11-12H,1-3,5-6,8-10H2. The summed E-state index contributed by atoms with van der Waals surface area (Å²) >= 11 is 1.89. The molecule has 4 rings (SSSR count). The first-order chi connectivity index (χ1) is 10.8. The molecular formula is C16H20N4OS. The first-order valence-electron chi connectivity index (χ1n) is 8.03. The van der Waals surface area contributed by atoms with E-state index in [1.165, 1.54) is 34.6 Å². The SMILES string of the molecule is O=c1ccncn1CC1CCN(c2nc3c(s2)CCC3)CC1. The maximum Gasteiger partial charge on any atom is 0.253 e. The van der Waals surface area contributed by atoms with Gasteiger partial charge in [0.25, 0.3) is 5.56 Å². The van der Waals surface area contributed by atoms with E-state index >= 15 is 0 Å². The van der Waals surface area contributed by atoms with Gasteiger partial charge < -0.3 is 4.90 Å². The molecule has 0 bridgehead atoms. The molecule has 1 fully saturated rings. The minimum absolute atomic E-state index is 0.0498. The molecule has 1 saturated heterocycles. The van der Waals surface area contributed by atoms with Crippen LogP contribution < -0.4 is 10.5 Å². The third-order valence-corrected chi connectivity index (χ3v) is 5.93. The number of fused-ring (bicyclic) bond motifs is 1. The number of aromatic nitrogens is 3. The summed E-state index contributed by atoms with van der Waals surface area (Å²) in [5.74, 6) is 0.560. The van der Waals surface area contributed by atoms with Crippen molar-refractivity contribution in [2.45, 2.75) is 38.6 Å². The highest BCUT2D eigenvalue weighted by Gasteiger charge is 2.24. The van der Waals surface area contributed by atoms with Crippen LogP contribution in [0.3, 0.4) is 0 Å². The van der Waals surface area contributed by atoms with Crippen molar-refractivity contribution in [3.8, 4) is 0 Å². The predicted octanol–water partition coefficient (Wildman–Crippen LogP) is 2.11. The van der Waals surface area contributed by atoms with E-state index < -0.39 is 0 Å². The number of hydrogen-bond donors (Lipinski definition) is 0. The Bertz CT molecular complexity index is 693. The molecule has 22 heavy (non-hydrogen) atoms. The first kappa shape index (κ1) is 13.9. The van der Waals surface area contributed by atoms with Crippen molar-refractivity contribution in [2.24, 2.45) is 5.92 Å². The number of rotatable bonds is 3. The second-order valence-corrected chi connectivity index (χ2v) is 7.28. The topological polar surface area (TPSA) is 51.0 Å². The number of piperidine rings is 1. The Hall–Kier alpha value is -1.69. The summed E-state index contributed by atoms with van der Waals surface area (Å²) in [6, 6.07) is 1.53. The average Bonchev–Trinajstić information content (AvgIpc) is 3.12. The maximum absolute atomic E-state index is 11.8. The number of nitrogens with zero attached hydrogens (tertiary/aromatic N) is 4. The summed E-state index contributed by atoms with van der Waals surface area (Å²) < 4.78 is 1.73. The van der Waals surface area contributed by atoms with Crippen molar-refractivity contribution in [3.05, 3.63) is 39.5 Å². The number of aryl methyl sites for hydroxylation is 2. The van der Waals surface area contributed by atoms with Crippen LogP contribution in [0.25, 0.3) is 0 Å². The molecule has 5 nitrogen and oxygen atoms in total. The fraction of sp³-hybridized carbons (Fsp3) is 0.562. The van der Waals surface area contributed by atoms with Gasteiger partial charge in [-0.25, -0.2) is 9.97 Å². The molecule has 2 aromatic rings. The van der Waals surface area contributed by atoms with Gasteiger partial charge in [-0.2, -0.15) is 0 Å². The van der Waals surface area contributed by atoms with E-state index in [0.717, 1.165) is 38.9 Å². The van der Waals surface area contributed by atoms with Crippen LogP contribution in [0.1, 0.15) is 29.8 Å². The normalized spacial score (nSPS) is 18.6. The molecule has 2 aliphatic rings. The van der Waals surface area contributed by atoms with Crippen molar-refractivity contribution < 1.29 is 0 Å². The highest BCUT2D eigenvalue weighted by Crippen LogP contribution is 2.34. The maximum atomic E-state index is 11.8. The minimum Gasteiger partial charge on any atom is -0.348 e. The predicted molar refractivity (Wildman–Crippen MR) is 87.6 cm³/mol. The summed E-state index contributed by atoms with van der Waals surface area (Å²) in [5.41, 5.74) is 1.39. The third kappa shape index (κ3) is 2.67. The summed E-state index contributed by atoms with van der Waals surface area (Å²) in [6.45, 7) is 2.88. The van der Waals surface area contributed by atoms with Gasteiger partial charge >= 0.3 is 0 Å². The van der Waals surface area contributed by atoms with Gasteiger partial charge in [-0.1, -0.05) is 0 Å². The summed E-state index contributed by atoms with van der Waals surface area (Å²) in [7, 11) is 0. The van der Waals surface area contributed by atoms with Crippen molar-refractivity contribution in [1.82, 2.24) is 14.5 Å². The van der Waals surface area contributed by atoms with Crippen LogP contribution in [0.2, 0.25) is 0 Å². The molecule has 1 aliphatic heterocycles. The molecule has 0 N–H and O–H groups in total. The second kappa shape index (κ2) is 5.83. The molecule has 0 spiro atoms. The Morgan fingerprint density at radius 2 is 2.14 bits per heavy atom. The van der Waals surface area contributed by atoms with Gasteiger partial charge in [-0.15, -0.1) is 11.3 Å². The van der Waals surface area contributed by atoms with Gasteiger partial charge in [0.05, 0.1) is 12.0 Å². The summed E-state index contributed by atoms with van der Waals surface area (Å²) in [4.78, 5) is 24.5. The highest BCUT2D eigenvalue weighted by atomic mass is 32.1. The first-order valence-corrected chi connectivity index (χ1v) is 8.85. The Morgan fingerprint density at radius 3 is 2.91 bits per heavy atom. The van der Waals surface area contributed by atoms with E-state index in [0.29, 0.717) is 5.92 Å². The third-order valence-electron chi connectivity index (χ3n) is 4.72. The summed E-state index contributed by atoms with van der Waals surface area (Å²) in [5, 5.41) is 1.21. The molecule has 0 saturated carbocycles. The van der Waals surface area contributed by atoms with Gasteiger partial charge in [0.15, 0.2) is 5.13 Å². The Kier molecular flexibility index (Phi) is 3.70. The van der Waals surface area contributed by atoms with E-state index in [1.54, 1.807) is 17.1 Å². The van der Waals surface area contributed by atoms with Gasteiger partial charge in [0.1, 0.15) is 0 Å². The van der Waals surface area contributed by atoms with Gasteiger partial charge in [-0.05, 0) is 38.0 Å². The van der Waals surface area contributed by atoms with E-state index in [1.807, 2.05) is 11.3 Å². The van der Waals surface area contributed by atoms with Crippen LogP contribution in [0, 0.1) is 5.92 Å².